The lowest BCUT2D eigenvalue weighted by Crippen LogP contribution is -2.33. The lowest BCUT2D eigenvalue weighted by molar-refractivity contribution is -0.115. The zero-order valence-electron chi connectivity index (χ0n) is 16.9. The first kappa shape index (κ1) is 20.3. The minimum Gasteiger partial charge on any atom is -0.343 e. The fraction of sp³-hybridized carbons (Fsp3) is 0.261. The number of nitrogens with one attached hydrogen (secondary N) is 2. The molecule has 1 aliphatic rings. The van der Waals surface area contributed by atoms with E-state index in [1.54, 1.807) is 6.07 Å². The van der Waals surface area contributed by atoms with Crippen molar-refractivity contribution < 1.29 is 9.59 Å². The third kappa shape index (κ3) is 4.93. The predicted octanol–water partition coefficient (Wildman–Crippen LogP) is 3.38. The van der Waals surface area contributed by atoms with E-state index in [1.807, 2.05) is 31.2 Å². The summed E-state index contributed by atoms with van der Waals surface area (Å²) in [6.07, 6.45) is 0.874. The van der Waals surface area contributed by atoms with E-state index in [9.17, 15) is 9.59 Å². The topological polar surface area (TPSA) is 74.3 Å². The van der Waals surface area contributed by atoms with Crippen molar-refractivity contribution in [3.05, 3.63) is 81.9 Å². The molecule has 0 radical (unpaired) electrons. The number of aryl methyl sites for hydroxylation is 1. The molecule has 30 heavy (non-hydrogen) atoms. The number of anilines is 1. The molecule has 1 aromatic heterocycles. The van der Waals surface area contributed by atoms with E-state index in [0.717, 1.165) is 37.3 Å². The van der Waals surface area contributed by atoms with Gasteiger partial charge in [-0.25, -0.2) is 4.98 Å². The molecule has 0 atom stereocenters. The summed E-state index contributed by atoms with van der Waals surface area (Å²) in [7, 11) is 0. The minimum atomic E-state index is -0.274. The number of thiazole rings is 1. The van der Waals surface area contributed by atoms with Crippen LogP contribution in [0.4, 0.5) is 5.13 Å². The Labute approximate surface area is 180 Å². The van der Waals surface area contributed by atoms with Gasteiger partial charge in [-0.1, -0.05) is 48.5 Å². The highest BCUT2D eigenvalue weighted by Crippen LogP contribution is 2.29. The van der Waals surface area contributed by atoms with E-state index in [-0.39, 0.29) is 18.4 Å². The molecule has 0 saturated heterocycles. The number of aromatic nitrogens is 1. The third-order valence-corrected chi connectivity index (χ3v) is 6.10. The monoisotopic (exact) mass is 420 g/mol. The maximum Gasteiger partial charge on any atom is 0.251 e. The number of carbonyl (C=O) groups is 2. The van der Waals surface area contributed by atoms with Crippen LogP contribution in [0, 0.1) is 6.92 Å². The summed E-state index contributed by atoms with van der Waals surface area (Å²) in [5.41, 5.74) is 3.81. The van der Waals surface area contributed by atoms with Crippen molar-refractivity contribution in [1.29, 1.82) is 0 Å². The van der Waals surface area contributed by atoms with Crippen LogP contribution in [0.1, 0.15) is 32.1 Å². The van der Waals surface area contributed by atoms with Crippen molar-refractivity contribution >= 4 is 28.3 Å². The summed E-state index contributed by atoms with van der Waals surface area (Å²) >= 11 is 1.51. The van der Waals surface area contributed by atoms with Gasteiger partial charge in [-0.05, 0) is 24.1 Å². The van der Waals surface area contributed by atoms with Crippen LogP contribution in [-0.2, 0) is 24.3 Å². The van der Waals surface area contributed by atoms with Gasteiger partial charge in [-0.3, -0.25) is 14.5 Å². The van der Waals surface area contributed by atoms with Crippen LogP contribution in [0.5, 0.6) is 0 Å². The molecule has 2 N–H and O–H groups in total. The van der Waals surface area contributed by atoms with Crippen LogP contribution in [-0.4, -0.2) is 34.8 Å². The number of carbonyl (C=O) groups excluding carboxylic acids is 2. The van der Waals surface area contributed by atoms with Gasteiger partial charge in [0.2, 0.25) is 5.91 Å². The molecular weight excluding hydrogens is 396 g/mol. The van der Waals surface area contributed by atoms with Gasteiger partial charge in [0, 0.05) is 36.5 Å². The largest absolute Gasteiger partial charge is 0.343 e. The summed E-state index contributed by atoms with van der Waals surface area (Å²) in [6, 6.07) is 17.7. The second-order valence-corrected chi connectivity index (χ2v) is 8.46. The van der Waals surface area contributed by atoms with Crippen molar-refractivity contribution in [3.8, 4) is 0 Å². The van der Waals surface area contributed by atoms with Crippen LogP contribution in [0.25, 0.3) is 0 Å². The number of amides is 2. The molecule has 0 fully saturated rings. The van der Waals surface area contributed by atoms with Crippen molar-refractivity contribution in [2.75, 3.05) is 18.4 Å². The van der Waals surface area contributed by atoms with E-state index in [0.29, 0.717) is 10.7 Å². The van der Waals surface area contributed by atoms with E-state index < -0.39 is 0 Å². The Bertz CT molecular complexity index is 1050. The molecule has 6 nitrogen and oxygen atoms in total. The van der Waals surface area contributed by atoms with Crippen LogP contribution < -0.4 is 10.6 Å². The quantitative estimate of drug-likeness (QED) is 0.641. The van der Waals surface area contributed by atoms with E-state index in [2.05, 4.69) is 44.8 Å². The molecule has 4 rings (SSSR count). The average molecular weight is 421 g/mol. The zero-order chi connectivity index (χ0) is 20.9. The van der Waals surface area contributed by atoms with Gasteiger partial charge in [0.15, 0.2) is 5.13 Å². The van der Waals surface area contributed by atoms with Crippen LogP contribution in [0.3, 0.4) is 0 Å². The highest BCUT2D eigenvalue weighted by atomic mass is 32.1. The summed E-state index contributed by atoms with van der Waals surface area (Å²) in [5, 5.41) is 6.09. The summed E-state index contributed by atoms with van der Waals surface area (Å²) < 4.78 is 0. The standard InChI is InChI=1S/C23H24N4O2S/c1-16-7-5-6-10-18(16)22(29)24-13-21(28)26-23-25-19-11-12-27(15-20(19)30-23)14-17-8-3-2-4-9-17/h2-10H,11-15H2,1H3,(H,24,29)(H,25,26,28). The van der Waals surface area contributed by atoms with Gasteiger partial charge in [0.1, 0.15) is 0 Å². The lowest BCUT2D eigenvalue weighted by atomic mass is 10.1. The maximum absolute atomic E-state index is 12.3. The Hall–Kier alpha value is -3.03. The second kappa shape index (κ2) is 9.19. The van der Waals surface area contributed by atoms with Crippen molar-refractivity contribution in [1.82, 2.24) is 15.2 Å². The Morgan fingerprint density at radius 1 is 1.10 bits per heavy atom. The zero-order valence-corrected chi connectivity index (χ0v) is 17.7. The Balaban J connectivity index is 1.30. The smallest absolute Gasteiger partial charge is 0.251 e. The molecule has 0 bridgehead atoms. The van der Waals surface area contributed by atoms with Crippen LogP contribution in [0.2, 0.25) is 0 Å². The van der Waals surface area contributed by atoms with Crippen molar-refractivity contribution in [2.45, 2.75) is 26.4 Å². The SMILES string of the molecule is Cc1ccccc1C(=O)NCC(=O)Nc1nc2c(s1)CN(Cc1ccccc1)CC2. The molecule has 0 aliphatic carbocycles. The molecule has 3 aromatic rings. The molecule has 2 aromatic carbocycles. The van der Waals surface area contributed by atoms with Gasteiger partial charge in [0.25, 0.3) is 5.91 Å². The molecule has 7 heteroatoms. The molecule has 0 unspecified atom stereocenters. The van der Waals surface area contributed by atoms with Crippen molar-refractivity contribution in [2.24, 2.45) is 0 Å². The number of nitrogens with zero attached hydrogens (tertiary/aromatic N) is 2. The first-order chi connectivity index (χ1) is 14.6. The number of rotatable bonds is 6. The molecule has 2 amide bonds. The van der Waals surface area contributed by atoms with Crippen LogP contribution >= 0.6 is 11.3 Å². The molecule has 154 valence electrons. The average Bonchev–Trinajstić information content (AvgIpc) is 3.14. The third-order valence-electron chi connectivity index (χ3n) is 5.10. The molecule has 0 saturated carbocycles. The number of fused-ring (bicyclic) bond motifs is 1. The Kier molecular flexibility index (Phi) is 6.21. The summed E-state index contributed by atoms with van der Waals surface area (Å²) in [4.78, 5) is 32.7. The van der Waals surface area contributed by atoms with Crippen LogP contribution in [0.15, 0.2) is 54.6 Å². The Morgan fingerprint density at radius 3 is 2.67 bits per heavy atom. The molecule has 1 aliphatic heterocycles. The summed E-state index contributed by atoms with van der Waals surface area (Å²) in [5.74, 6) is -0.526. The fourth-order valence-corrected chi connectivity index (χ4v) is 4.59. The normalized spacial score (nSPS) is 13.5. The first-order valence-electron chi connectivity index (χ1n) is 9.97. The minimum absolute atomic E-state index is 0.0858. The van der Waals surface area contributed by atoms with E-state index in [1.165, 1.54) is 21.8 Å². The number of hydrogen-bond donors (Lipinski definition) is 2. The van der Waals surface area contributed by atoms with Gasteiger partial charge < -0.3 is 10.6 Å². The second-order valence-electron chi connectivity index (χ2n) is 7.38. The lowest BCUT2D eigenvalue weighted by Gasteiger charge is -2.25. The van der Waals surface area contributed by atoms with Gasteiger partial charge in [0.05, 0.1) is 12.2 Å². The van der Waals surface area contributed by atoms with Gasteiger partial charge in [-0.15, -0.1) is 11.3 Å². The number of hydrogen-bond acceptors (Lipinski definition) is 5. The predicted molar refractivity (Wildman–Crippen MR) is 119 cm³/mol. The molecule has 0 spiro atoms. The number of benzene rings is 2. The molecule has 2 heterocycles. The van der Waals surface area contributed by atoms with E-state index >= 15 is 0 Å². The van der Waals surface area contributed by atoms with Crippen molar-refractivity contribution in [3.63, 3.8) is 0 Å². The van der Waals surface area contributed by atoms with E-state index in [4.69, 9.17) is 0 Å². The highest BCUT2D eigenvalue weighted by Gasteiger charge is 2.21. The fourth-order valence-electron chi connectivity index (χ4n) is 3.53. The van der Waals surface area contributed by atoms with Gasteiger partial charge >= 0.3 is 0 Å². The Morgan fingerprint density at radius 2 is 1.87 bits per heavy atom. The highest BCUT2D eigenvalue weighted by molar-refractivity contribution is 7.15. The summed E-state index contributed by atoms with van der Waals surface area (Å²) in [6.45, 7) is 4.48. The van der Waals surface area contributed by atoms with Gasteiger partial charge in [-0.2, -0.15) is 0 Å². The maximum atomic E-state index is 12.3. The molecular formula is C23H24N4O2S. The first-order valence-corrected chi connectivity index (χ1v) is 10.8.